The van der Waals surface area contributed by atoms with Crippen molar-refractivity contribution in [3.63, 3.8) is 0 Å². The Hall–Kier alpha value is -4.08. The highest BCUT2D eigenvalue weighted by Crippen LogP contribution is 2.23. The van der Waals surface area contributed by atoms with E-state index in [1.165, 1.54) is 15.3 Å². The van der Waals surface area contributed by atoms with Gasteiger partial charge in [-0.05, 0) is 23.8 Å². The van der Waals surface area contributed by atoms with Crippen molar-refractivity contribution in [3.05, 3.63) is 70.2 Å². The van der Waals surface area contributed by atoms with Crippen LogP contribution in [0.15, 0.2) is 47.4 Å². The topological polar surface area (TPSA) is 120 Å². The predicted octanol–water partition coefficient (Wildman–Crippen LogP) is 1.70. The molecule has 4 aromatic heterocycles. The van der Waals surface area contributed by atoms with Crippen molar-refractivity contribution in [2.24, 2.45) is 7.05 Å². The van der Waals surface area contributed by atoms with Gasteiger partial charge in [-0.2, -0.15) is 19.7 Å². The molecule has 10 heteroatoms. The first-order chi connectivity index (χ1) is 14.0. The molecule has 5 rings (SSSR count). The Balaban J connectivity index is 1.71. The highest BCUT2D eigenvalue weighted by molar-refractivity contribution is 5.83. The fourth-order valence-corrected chi connectivity index (χ4v) is 3.36. The summed E-state index contributed by atoms with van der Waals surface area (Å²) in [7, 11) is 1.58. The third kappa shape index (κ3) is 2.64. The number of hydrogen-bond acceptors (Lipinski definition) is 6. The highest BCUT2D eigenvalue weighted by atomic mass is 19.1. The third-order valence-electron chi connectivity index (χ3n) is 4.78. The number of nitrogen functional groups attached to an aromatic ring is 1. The summed E-state index contributed by atoms with van der Waals surface area (Å²) in [5.74, 6) is 0.0265. The van der Waals surface area contributed by atoms with Crippen molar-refractivity contribution in [1.29, 1.82) is 0 Å². The van der Waals surface area contributed by atoms with Crippen molar-refractivity contribution in [1.82, 2.24) is 34.3 Å². The number of aryl methyl sites for hydroxylation is 1. The Bertz CT molecular complexity index is 1450. The number of nitrogens with zero attached hydrogens (tertiary/aromatic N) is 6. The zero-order valence-corrected chi connectivity index (χ0v) is 15.3. The number of pyridine rings is 1. The number of nitrogens with one attached hydrogen (secondary N) is 1. The van der Waals surface area contributed by atoms with Gasteiger partial charge in [-0.3, -0.25) is 14.5 Å². The van der Waals surface area contributed by atoms with E-state index in [0.29, 0.717) is 33.5 Å². The molecule has 3 N–H and O–H groups in total. The summed E-state index contributed by atoms with van der Waals surface area (Å²) in [5, 5.41) is 4.58. The Labute approximate surface area is 162 Å². The second-order valence-corrected chi connectivity index (χ2v) is 6.59. The quantitative estimate of drug-likeness (QED) is 0.484. The number of hydrogen-bond donors (Lipinski definition) is 2. The standard InChI is InChI=1S/C19H15FN8O/c1-27-15-16(21)23-18(24-17(15)25-19(27)29)28-13-7-4-8-22-14(13)12(26-28)9-10-5-2-3-6-11(10)20/h2-8H,9H2,1H3,(H3,21,23,24,25,29). The van der Waals surface area contributed by atoms with Crippen LogP contribution in [-0.4, -0.2) is 34.3 Å². The fourth-order valence-electron chi connectivity index (χ4n) is 3.36. The zero-order valence-electron chi connectivity index (χ0n) is 15.3. The van der Waals surface area contributed by atoms with Gasteiger partial charge in [0.15, 0.2) is 11.5 Å². The smallest absolute Gasteiger partial charge is 0.327 e. The third-order valence-corrected chi connectivity index (χ3v) is 4.78. The summed E-state index contributed by atoms with van der Waals surface area (Å²) < 4.78 is 17.0. The number of fused-ring (bicyclic) bond motifs is 2. The monoisotopic (exact) mass is 390 g/mol. The molecule has 9 nitrogen and oxygen atoms in total. The van der Waals surface area contributed by atoms with E-state index in [-0.39, 0.29) is 29.7 Å². The molecule has 0 bridgehead atoms. The molecule has 144 valence electrons. The van der Waals surface area contributed by atoms with Crippen LogP contribution in [0.4, 0.5) is 10.2 Å². The number of H-pyrrole nitrogens is 1. The SMILES string of the molecule is Cn1c(=O)[nH]c2nc(-n3nc(Cc4ccccc4F)c4ncccc43)nc(N)c21. The predicted molar refractivity (Wildman–Crippen MR) is 105 cm³/mol. The van der Waals surface area contributed by atoms with Gasteiger partial charge in [-0.1, -0.05) is 18.2 Å². The average molecular weight is 390 g/mol. The number of imidazole rings is 1. The Morgan fingerprint density at radius 3 is 2.83 bits per heavy atom. The second kappa shape index (κ2) is 6.23. The Kier molecular flexibility index (Phi) is 3.66. The van der Waals surface area contributed by atoms with Gasteiger partial charge in [0.1, 0.15) is 16.9 Å². The van der Waals surface area contributed by atoms with Gasteiger partial charge >= 0.3 is 5.69 Å². The number of halogens is 1. The summed E-state index contributed by atoms with van der Waals surface area (Å²) in [6.07, 6.45) is 1.90. The minimum absolute atomic E-state index is 0.147. The number of benzene rings is 1. The normalized spacial score (nSPS) is 11.5. The molecule has 0 amide bonds. The molecule has 1 aromatic carbocycles. The number of nitrogens with two attached hydrogens (primary N) is 1. The molecule has 4 heterocycles. The van der Waals surface area contributed by atoms with Crippen LogP contribution >= 0.6 is 0 Å². The van der Waals surface area contributed by atoms with Crippen LogP contribution in [0.5, 0.6) is 0 Å². The molecule has 0 radical (unpaired) electrons. The fraction of sp³-hybridized carbons (Fsp3) is 0.105. The van der Waals surface area contributed by atoms with Crippen molar-refractivity contribution < 1.29 is 4.39 Å². The molecule has 0 fully saturated rings. The van der Waals surface area contributed by atoms with Gasteiger partial charge in [0.05, 0.1) is 11.2 Å². The first-order valence-electron chi connectivity index (χ1n) is 8.81. The first kappa shape index (κ1) is 17.0. The van der Waals surface area contributed by atoms with E-state index < -0.39 is 0 Å². The largest absolute Gasteiger partial charge is 0.382 e. The van der Waals surface area contributed by atoms with Gasteiger partial charge in [-0.25, -0.2) is 9.18 Å². The number of aromatic amines is 1. The maximum Gasteiger partial charge on any atom is 0.327 e. The summed E-state index contributed by atoms with van der Waals surface area (Å²) in [5.41, 5.74) is 8.79. The number of rotatable bonds is 3. The van der Waals surface area contributed by atoms with Crippen molar-refractivity contribution >= 4 is 28.0 Å². The van der Waals surface area contributed by atoms with Gasteiger partial charge in [0.25, 0.3) is 5.95 Å². The van der Waals surface area contributed by atoms with Crippen LogP contribution in [0.25, 0.3) is 28.1 Å². The van der Waals surface area contributed by atoms with E-state index in [9.17, 15) is 9.18 Å². The molecular formula is C19H15FN8O. The molecule has 5 aromatic rings. The summed E-state index contributed by atoms with van der Waals surface area (Å²) in [6, 6.07) is 10.1. The maximum atomic E-state index is 14.1. The number of anilines is 1. The molecule has 0 aliphatic heterocycles. The lowest BCUT2D eigenvalue weighted by Crippen LogP contribution is -2.12. The van der Waals surface area contributed by atoms with Crippen molar-refractivity contribution in [2.45, 2.75) is 6.42 Å². The molecule has 0 saturated carbocycles. The van der Waals surface area contributed by atoms with Crippen LogP contribution in [0.1, 0.15) is 11.3 Å². The summed E-state index contributed by atoms with van der Waals surface area (Å²) in [6.45, 7) is 0. The van der Waals surface area contributed by atoms with Crippen LogP contribution in [0, 0.1) is 5.82 Å². The summed E-state index contributed by atoms with van der Waals surface area (Å²) >= 11 is 0. The lowest BCUT2D eigenvalue weighted by Gasteiger charge is -2.04. The Morgan fingerprint density at radius 1 is 1.17 bits per heavy atom. The molecular weight excluding hydrogens is 375 g/mol. The van der Waals surface area contributed by atoms with E-state index in [0.717, 1.165) is 0 Å². The second-order valence-electron chi connectivity index (χ2n) is 6.59. The van der Waals surface area contributed by atoms with E-state index in [1.54, 1.807) is 37.5 Å². The van der Waals surface area contributed by atoms with Crippen molar-refractivity contribution in [3.8, 4) is 5.95 Å². The highest BCUT2D eigenvalue weighted by Gasteiger charge is 2.19. The van der Waals surface area contributed by atoms with Gasteiger partial charge in [0, 0.05) is 19.7 Å². The minimum atomic E-state index is -0.342. The van der Waals surface area contributed by atoms with E-state index in [4.69, 9.17) is 5.73 Å². The molecule has 29 heavy (non-hydrogen) atoms. The Morgan fingerprint density at radius 2 is 2.00 bits per heavy atom. The zero-order chi connectivity index (χ0) is 20.1. The molecule has 0 atom stereocenters. The molecule has 0 aliphatic rings. The maximum absolute atomic E-state index is 14.1. The van der Waals surface area contributed by atoms with Crippen LogP contribution in [-0.2, 0) is 13.5 Å². The molecule has 0 aliphatic carbocycles. The average Bonchev–Trinajstić information content (AvgIpc) is 3.21. The van der Waals surface area contributed by atoms with E-state index in [1.807, 2.05) is 6.07 Å². The van der Waals surface area contributed by atoms with Gasteiger partial charge < -0.3 is 5.73 Å². The lowest BCUT2D eigenvalue weighted by molar-refractivity contribution is 0.613. The number of aromatic nitrogens is 7. The van der Waals surface area contributed by atoms with Gasteiger partial charge in [0.2, 0.25) is 0 Å². The summed E-state index contributed by atoms with van der Waals surface area (Å²) in [4.78, 5) is 27.7. The van der Waals surface area contributed by atoms with Gasteiger partial charge in [-0.15, -0.1) is 0 Å². The lowest BCUT2D eigenvalue weighted by atomic mass is 10.1. The first-order valence-corrected chi connectivity index (χ1v) is 8.81. The van der Waals surface area contributed by atoms with Crippen LogP contribution in [0.2, 0.25) is 0 Å². The van der Waals surface area contributed by atoms with Crippen LogP contribution < -0.4 is 11.4 Å². The molecule has 0 spiro atoms. The van der Waals surface area contributed by atoms with E-state index in [2.05, 4.69) is 25.0 Å². The molecule has 0 unspecified atom stereocenters. The van der Waals surface area contributed by atoms with E-state index >= 15 is 0 Å². The van der Waals surface area contributed by atoms with Crippen molar-refractivity contribution in [2.75, 3.05) is 5.73 Å². The van der Waals surface area contributed by atoms with Crippen LogP contribution in [0.3, 0.4) is 0 Å². The minimum Gasteiger partial charge on any atom is -0.382 e. The molecule has 0 saturated heterocycles.